The Kier molecular flexibility index (Phi) is 3.50. The molecule has 19 heavy (non-hydrogen) atoms. The standard InChI is InChI=1S/C13H18N4OS/c18-13(14-10-3-4-10)9-2-1-7-17(8-9)11-5-6-12(19)16-15-11/h5-6,9-10H,1-4,7-8H2,(H,14,18)(H,16,19). The molecule has 1 aromatic rings. The summed E-state index contributed by atoms with van der Waals surface area (Å²) in [6.45, 7) is 1.70. The number of carbonyl (C=O) groups is 1. The third-order valence-electron chi connectivity index (χ3n) is 3.70. The molecule has 102 valence electrons. The van der Waals surface area contributed by atoms with E-state index in [1.807, 2.05) is 12.1 Å². The van der Waals surface area contributed by atoms with Gasteiger partial charge in [-0.3, -0.25) is 9.89 Å². The highest BCUT2D eigenvalue weighted by Crippen LogP contribution is 2.24. The fourth-order valence-corrected chi connectivity index (χ4v) is 2.57. The Labute approximate surface area is 117 Å². The number of H-pyrrole nitrogens is 1. The minimum atomic E-state index is 0.0827. The summed E-state index contributed by atoms with van der Waals surface area (Å²) in [6.07, 6.45) is 4.27. The van der Waals surface area contributed by atoms with E-state index in [-0.39, 0.29) is 11.8 Å². The minimum absolute atomic E-state index is 0.0827. The van der Waals surface area contributed by atoms with Crippen LogP contribution in [0.2, 0.25) is 0 Å². The van der Waals surface area contributed by atoms with Gasteiger partial charge in [0.25, 0.3) is 0 Å². The molecule has 0 radical (unpaired) electrons. The first-order valence-corrected chi connectivity index (χ1v) is 7.24. The first-order valence-electron chi connectivity index (χ1n) is 6.83. The number of amides is 1. The number of nitrogens with one attached hydrogen (secondary N) is 2. The van der Waals surface area contributed by atoms with Crippen molar-refractivity contribution < 1.29 is 4.79 Å². The molecule has 2 heterocycles. The summed E-state index contributed by atoms with van der Waals surface area (Å²) < 4.78 is 0.629. The maximum atomic E-state index is 12.1. The predicted molar refractivity (Wildman–Crippen MR) is 75.5 cm³/mol. The number of hydrogen-bond acceptors (Lipinski definition) is 4. The van der Waals surface area contributed by atoms with E-state index < -0.39 is 0 Å². The number of aromatic nitrogens is 2. The minimum Gasteiger partial charge on any atom is -0.354 e. The van der Waals surface area contributed by atoms with Crippen molar-refractivity contribution in [2.75, 3.05) is 18.0 Å². The summed E-state index contributed by atoms with van der Waals surface area (Å²) in [6, 6.07) is 4.19. The fraction of sp³-hybridized carbons (Fsp3) is 0.615. The van der Waals surface area contributed by atoms with Gasteiger partial charge in [-0.05, 0) is 37.8 Å². The van der Waals surface area contributed by atoms with E-state index >= 15 is 0 Å². The maximum absolute atomic E-state index is 12.1. The SMILES string of the molecule is O=C(NC1CC1)C1CCCN(c2ccc(=S)[nH]n2)C1. The van der Waals surface area contributed by atoms with Crippen LogP contribution in [0.25, 0.3) is 0 Å². The molecule has 2 aliphatic rings. The second-order valence-electron chi connectivity index (χ2n) is 5.35. The molecule has 3 rings (SSSR count). The molecule has 1 saturated carbocycles. The third kappa shape index (κ3) is 3.12. The molecule has 1 aliphatic carbocycles. The van der Waals surface area contributed by atoms with Gasteiger partial charge in [0.2, 0.25) is 5.91 Å². The molecule has 6 heteroatoms. The number of anilines is 1. The average molecular weight is 278 g/mol. The lowest BCUT2D eigenvalue weighted by Crippen LogP contribution is -2.44. The van der Waals surface area contributed by atoms with Gasteiger partial charge in [-0.25, -0.2) is 0 Å². The fourth-order valence-electron chi connectivity index (χ4n) is 2.46. The van der Waals surface area contributed by atoms with Crippen LogP contribution in [0.15, 0.2) is 12.1 Å². The van der Waals surface area contributed by atoms with Gasteiger partial charge >= 0.3 is 0 Å². The summed E-state index contributed by atoms with van der Waals surface area (Å²) in [5.74, 6) is 1.16. The molecule has 0 bridgehead atoms. The number of nitrogens with zero attached hydrogens (tertiary/aromatic N) is 2. The Morgan fingerprint density at radius 3 is 2.95 bits per heavy atom. The Bertz CT molecular complexity index is 505. The van der Waals surface area contributed by atoms with Crippen LogP contribution >= 0.6 is 12.2 Å². The van der Waals surface area contributed by atoms with E-state index in [9.17, 15) is 4.79 Å². The largest absolute Gasteiger partial charge is 0.354 e. The van der Waals surface area contributed by atoms with Gasteiger partial charge in [0.15, 0.2) is 0 Å². The molecule has 2 N–H and O–H groups in total. The molecule has 2 fully saturated rings. The van der Waals surface area contributed by atoms with Gasteiger partial charge in [0.1, 0.15) is 10.5 Å². The van der Waals surface area contributed by atoms with Crippen LogP contribution in [0.3, 0.4) is 0 Å². The van der Waals surface area contributed by atoms with Gasteiger partial charge in [-0.15, -0.1) is 0 Å². The first kappa shape index (κ1) is 12.6. The van der Waals surface area contributed by atoms with Crippen LogP contribution in [0, 0.1) is 10.6 Å². The van der Waals surface area contributed by atoms with Gasteiger partial charge in [-0.2, -0.15) is 5.10 Å². The summed E-state index contributed by atoms with van der Waals surface area (Å²) in [4.78, 5) is 14.3. The number of carbonyl (C=O) groups excluding carboxylic acids is 1. The molecule has 0 aromatic carbocycles. The smallest absolute Gasteiger partial charge is 0.225 e. The Morgan fingerprint density at radius 2 is 2.26 bits per heavy atom. The topological polar surface area (TPSA) is 61.0 Å². The van der Waals surface area contributed by atoms with Crippen LogP contribution in [-0.4, -0.2) is 35.2 Å². The van der Waals surface area contributed by atoms with Crippen LogP contribution in [0.4, 0.5) is 5.82 Å². The number of aromatic amines is 1. The number of piperidine rings is 1. The van der Waals surface area contributed by atoms with Crippen molar-refractivity contribution in [1.29, 1.82) is 0 Å². The van der Waals surface area contributed by atoms with Gasteiger partial charge in [0, 0.05) is 19.1 Å². The molecular formula is C13H18N4OS. The summed E-state index contributed by atoms with van der Waals surface area (Å²) in [5.41, 5.74) is 0. The normalized spacial score (nSPS) is 23.2. The summed E-state index contributed by atoms with van der Waals surface area (Å²) in [7, 11) is 0. The zero-order valence-electron chi connectivity index (χ0n) is 10.8. The second-order valence-corrected chi connectivity index (χ2v) is 5.79. The van der Waals surface area contributed by atoms with E-state index in [0.717, 1.165) is 44.6 Å². The number of hydrogen-bond donors (Lipinski definition) is 2. The van der Waals surface area contributed by atoms with E-state index in [1.165, 1.54) is 0 Å². The third-order valence-corrected chi connectivity index (χ3v) is 3.93. The van der Waals surface area contributed by atoms with Crippen molar-refractivity contribution in [1.82, 2.24) is 15.5 Å². The van der Waals surface area contributed by atoms with Crippen LogP contribution in [-0.2, 0) is 4.79 Å². The van der Waals surface area contributed by atoms with Crippen molar-refractivity contribution in [3.05, 3.63) is 16.8 Å². The number of rotatable bonds is 3. The van der Waals surface area contributed by atoms with Crippen LogP contribution in [0.5, 0.6) is 0 Å². The lowest BCUT2D eigenvalue weighted by atomic mass is 9.97. The molecule has 1 amide bonds. The second kappa shape index (κ2) is 5.28. The highest BCUT2D eigenvalue weighted by Gasteiger charge is 2.30. The maximum Gasteiger partial charge on any atom is 0.225 e. The average Bonchev–Trinajstić information content (AvgIpc) is 3.24. The van der Waals surface area contributed by atoms with E-state index in [4.69, 9.17) is 12.2 Å². The Balaban J connectivity index is 1.65. The highest BCUT2D eigenvalue weighted by atomic mass is 32.1. The summed E-state index contributed by atoms with van der Waals surface area (Å²) >= 11 is 4.99. The van der Waals surface area contributed by atoms with Gasteiger partial charge < -0.3 is 10.2 Å². The quantitative estimate of drug-likeness (QED) is 0.825. The predicted octanol–water partition coefficient (Wildman–Crippen LogP) is 1.63. The van der Waals surface area contributed by atoms with E-state index in [2.05, 4.69) is 20.4 Å². The van der Waals surface area contributed by atoms with E-state index in [1.54, 1.807) is 0 Å². The lowest BCUT2D eigenvalue weighted by Gasteiger charge is -2.32. The van der Waals surface area contributed by atoms with Crippen molar-refractivity contribution in [3.63, 3.8) is 0 Å². The first-order chi connectivity index (χ1) is 9.22. The highest BCUT2D eigenvalue weighted by molar-refractivity contribution is 7.71. The molecule has 1 atom stereocenters. The molecule has 0 spiro atoms. The van der Waals surface area contributed by atoms with Crippen LogP contribution < -0.4 is 10.2 Å². The Morgan fingerprint density at radius 1 is 1.42 bits per heavy atom. The zero-order chi connectivity index (χ0) is 13.2. The van der Waals surface area contributed by atoms with Crippen LogP contribution in [0.1, 0.15) is 25.7 Å². The zero-order valence-corrected chi connectivity index (χ0v) is 11.6. The molecular weight excluding hydrogens is 260 g/mol. The van der Waals surface area contributed by atoms with Crippen molar-refractivity contribution in [3.8, 4) is 0 Å². The summed E-state index contributed by atoms with van der Waals surface area (Å²) in [5, 5.41) is 10.1. The van der Waals surface area contributed by atoms with Gasteiger partial charge in [0.05, 0.1) is 5.92 Å². The van der Waals surface area contributed by atoms with Gasteiger partial charge in [-0.1, -0.05) is 12.2 Å². The molecule has 1 aliphatic heterocycles. The monoisotopic (exact) mass is 278 g/mol. The van der Waals surface area contributed by atoms with Crippen molar-refractivity contribution in [2.24, 2.45) is 5.92 Å². The molecule has 1 saturated heterocycles. The van der Waals surface area contributed by atoms with Crippen molar-refractivity contribution >= 4 is 23.9 Å². The molecule has 1 aromatic heterocycles. The van der Waals surface area contributed by atoms with Crippen molar-refractivity contribution in [2.45, 2.75) is 31.7 Å². The molecule has 5 nitrogen and oxygen atoms in total. The van der Waals surface area contributed by atoms with E-state index in [0.29, 0.717) is 10.7 Å². The Hall–Kier alpha value is -1.43. The lowest BCUT2D eigenvalue weighted by molar-refractivity contribution is -0.125. The molecule has 1 unspecified atom stereocenters.